The van der Waals surface area contributed by atoms with Crippen molar-refractivity contribution in [2.75, 3.05) is 35.5 Å². The molecule has 0 bridgehead atoms. The summed E-state index contributed by atoms with van der Waals surface area (Å²) < 4.78 is 52.6. The van der Waals surface area contributed by atoms with Crippen LogP contribution in [0.1, 0.15) is 24.8 Å². The van der Waals surface area contributed by atoms with Crippen molar-refractivity contribution in [1.29, 1.82) is 0 Å². The van der Waals surface area contributed by atoms with Crippen molar-refractivity contribution in [2.24, 2.45) is 0 Å². The van der Waals surface area contributed by atoms with Crippen LogP contribution in [0.15, 0.2) is 47.4 Å². The fraction of sp³-hybridized carbons (Fsp3) is 0.381. The molecule has 0 saturated carbocycles. The van der Waals surface area contributed by atoms with Gasteiger partial charge in [-0.25, -0.2) is 16.8 Å². The number of hydrogen-bond acceptors (Lipinski definition) is 5. The molecule has 0 radical (unpaired) electrons. The van der Waals surface area contributed by atoms with Crippen LogP contribution in [0.2, 0.25) is 5.02 Å². The van der Waals surface area contributed by atoms with E-state index in [1.807, 2.05) is 0 Å². The molecule has 0 atom stereocenters. The van der Waals surface area contributed by atoms with Crippen molar-refractivity contribution < 1.29 is 21.6 Å². The number of nitrogens with one attached hydrogen (secondary N) is 1. The van der Waals surface area contributed by atoms with Crippen molar-refractivity contribution >= 4 is 48.9 Å². The second-order valence-corrected chi connectivity index (χ2v) is 12.0. The lowest BCUT2D eigenvalue weighted by molar-refractivity contribution is -0.114. The minimum Gasteiger partial charge on any atom is -0.325 e. The largest absolute Gasteiger partial charge is 0.325 e. The number of nitrogens with zero attached hydrogens (tertiary/aromatic N) is 2. The molecule has 8 nitrogen and oxygen atoms in total. The number of hydrogen-bond donors (Lipinski definition) is 1. The van der Waals surface area contributed by atoms with Crippen molar-refractivity contribution in [2.45, 2.75) is 31.1 Å². The molecule has 1 amide bonds. The van der Waals surface area contributed by atoms with Gasteiger partial charge in [-0.15, -0.1) is 0 Å². The predicted molar refractivity (Wildman–Crippen MR) is 126 cm³/mol. The molecule has 0 unspecified atom stereocenters. The average molecular weight is 500 g/mol. The van der Waals surface area contributed by atoms with Gasteiger partial charge in [-0.05, 0) is 61.7 Å². The Morgan fingerprint density at radius 2 is 1.66 bits per heavy atom. The van der Waals surface area contributed by atoms with Crippen molar-refractivity contribution in [1.82, 2.24) is 4.31 Å². The first-order valence-corrected chi connectivity index (χ1v) is 13.8. The lowest BCUT2D eigenvalue weighted by atomic mass is 10.2. The van der Waals surface area contributed by atoms with E-state index in [4.69, 9.17) is 11.6 Å². The van der Waals surface area contributed by atoms with Crippen LogP contribution < -0.4 is 9.62 Å². The topological polar surface area (TPSA) is 104 Å². The maximum absolute atomic E-state index is 12.7. The minimum atomic E-state index is -3.75. The number of aryl methyl sites for hydroxylation is 1. The minimum absolute atomic E-state index is 0.157. The molecule has 2 aromatic carbocycles. The third-order valence-electron chi connectivity index (χ3n) is 5.22. The van der Waals surface area contributed by atoms with Gasteiger partial charge in [-0.3, -0.25) is 9.10 Å². The highest BCUT2D eigenvalue weighted by Crippen LogP contribution is 2.26. The van der Waals surface area contributed by atoms with Crippen LogP contribution in [0.5, 0.6) is 0 Å². The highest BCUT2D eigenvalue weighted by molar-refractivity contribution is 7.92. The number of sulfonamides is 2. The van der Waals surface area contributed by atoms with Gasteiger partial charge in [-0.1, -0.05) is 24.1 Å². The van der Waals surface area contributed by atoms with Gasteiger partial charge in [0.25, 0.3) is 0 Å². The van der Waals surface area contributed by atoms with Crippen LogP contribution in [-0.4, -0.2) is 52.9 Å². The highest BCUT2D eigenvalue weighted by Gasteiger charge is 2.26. The first kappa shape index (κ1) is 24.5. The zero-order chi connectivity index (χ0) is 23.5. The first-order chi connectivity index (χ1) is 15.0. The van der Waals surface area contributed by atoms with E-state index < -0.39 is 32.5 Å². The van der Waals surface area contributed by atoms with Crippen LogP contribution in [-0.2, 0) is 24.8 Å². The molecule has 2 aromatic rings. The van der Waals surface area contributed by atoms with Gasteiger partial charge in [0.1, 0.15) is 6.54 Å². The fourth-order valence-electron chi connectivity index (χ4n) is 3.53. The second-order valence-electron chi connectivity index (χ2n) is 7.74. The van der Waals surface area contributed by atoms with E-state index in [9.17, 15) is 21.6 Å². The number of halogens is 1. The molecule has 3 rings (SSSR count). The second kappa shape index (κ2) is 9.78. The summed E-state index contributed by atoms with van der Waals surface area (Å²) in [4.78, 5) is 12.7. The highest BCUT2D eigenvalue weighted by atomic mass is 35.5. The first-order valence-electron chi connectivity index (χ1n) is 10.1. The summed E-state index contributed by atoms with van der Waals surface area (Å²) in [5.41, 5.74) is 1.34. The molecule has 11 heteroatoms. The summed E-state index contributed by atoms with van der Waals surface area (Å²) in [6.07, 6.45) is 3.73. The Morgan fingerprint density at radius 3 is 2.25 bits per heavy atom. The number of carbonyl (C=O) groups is 1. The van der Waals surface area contributed by atoms with Gasteiger partial charge in [0.2, 0.25) is 26.0 Å². The zero-order valence-electron chi connectivity index (χ0n) is 17.9. The van der Waals surface area contributed by atoms with E-state index in [-0.39, 0.29) is 4.90 Å². The Bertz CT molecular complexity index is 1190. The third kappa shape index (κ3) is 5.80. The fourth-order valence-corrected chi connectivity index (χ4v) is 6.12. The van der Waals surface area contributed by atoms with Crippen LogP contribution in [0, 0.1) is 6.92 Å². The standard InChI is InChI=1S/C21H26ClN3O5S2/c1-16-6-7-17(22)14-20(16)25(31(2,27)28)15-21(26)23-18-8-10-19(11-9-18)32(29,30)24-12-4-3-5-13-24/h6-11,14H,3-5,12-13,15H2,1-2H3,(H,23,26). The smallest absolute Gasteiger partial charge is 0.245 e. The average Bonchev–Trinajstić information content (AvgIpc) is 2.74. The Kier molecular flexibility index (Phi) is 7.49. The summed E-state index contributed by atoms with van der Waals surface area (Å²) in [5.74, 6) is -0.568. The summed E-state index contributed by atoms with van der Waals surface area (Å²) in [5, 5.41) is 2.97. The van der Waals surface area contributed by atoms with Crippen molar-refractivity contribution in [3.63, 3.8) is 0 Å². The van der Waals surface area contributed by atoms with E-state index >= 15 is 0 Å². The number of carbonyl (C=O) groups excluding carboxylic acids is 1. The molecule has 174 valence electrons. The quantitative estimate of drug-likeness (QED) is 0.629. The van der Waals surface area contributed by atoms with Gasteiger partial charge in [-0.2, -0.15) is 4.31 Å². The Hall–Kier alpha value is -2.14. The summed E-state index contributed by atoms with van der Waals surface area (Å²) in [6, 6.07) is 10.7. The van der Waals surface area contributed by atoms with E-state index in [0.717, 1.165) is 29.8 Å². The van der Waals surface area contributed by atoms with Crippen LogP contribution in [0.4, 0.5) is 11.4 Å². The molecule has 0 aliphatic carbocycles. The molecular weight excluding hydrogens is 474 g/mol. The number of amides is 1. The Morgan fingerprint density at radius 1 is 1.03 bits per heavy atom. The van der Waals surface area contributed by atoms with Crippen LogP contribution in [0.25, 0.3) is 0 Å². The molecular formula is C21H26ClN3O5S2. The zero-order valence-corrected chi connectivity index (χ0v) is 20.3. The molecule has 1 fully saturated rings. The summed E-state index contributed by atoms with van der Waals surface area (Å²) >= 11 is 6.01. The SMILES string of the molecule is Cc1ccc(Cl)cc1N(CC(=O)Nc1ccc(S(=O)(=O)N2CCCCC2)cc1)S(C)(=O)=O. The van der Waals surface area contributed by atoms with Gasteiger partial charge in [0, 0.05) is 23.8 Å². The number of rotatable bonds is 7. The van der Waals surface area contributed by atoms with Gasteiger partial charge in [0.15, 0.2) is 0 Å². The summed E-state index contributed by atoms with van der Waals surface area (Å²) in [6.45, 7) is 2.28. The molecule has 1 saturated heterocycles. The molecule has 1 heterocycles. The maximum Gasteiger partial charge on any atom is 0.245 e. The molecule has 0 aromatic heterocycles. The molecule has 1 aliphatic rings. The molecule has 32 heavy (non-hydrogen) atoms. The van der Waals surface area contributed by atoms with Crippen molar-refractivity contribution in [3.8, 4) is 0 Å². The number of benzene rings is 2. The van der Waals surface area contributed by atoms with E-state index in [1.54, 1.807) is 19.1 Å². The van der Waals surface area contributed by atoms with Crippen molar-refractivity contribution in [3.05, 3.63) is 53.1 Å². The molecule has 0 spiro atoms. The van der Waals surface area contributed by atoms with E-state index in [0.29, 0.717) is 35.1 Å². The molecule has 1 N–H and O–H groups in total. The van der Waals surface area contributed by atoms with Gasteiger partial charge >= 0.3 is 0 Å². The van der Waals surface area contributed by atoms with E-state index in [2.05, 4.69) is 5.32 Å². The third-order valence-corrected chi connectivity index (χ3v) is 8.49. The van der Waals surface area contributed by atoms with Gasteiger partial charge in [0.05, 0.1) is 16.8 Å². The van der Waals surface area contributed by atoms with Crippen LogP contribution >= 0.6 is 11.6 Å². The number of anilines is 2. The monoisotopic (exact) mass is 499 g/mol. The van der Waals surface area contributed by atoms with Crippen LogP contribution in [0.3, 0.4) is 0 Å². The van der Waals surface area contributed by atoms with Gasteiger partial charge < -0.3 is 5.32 Å². The number of piperidine rings is 1. The Balaban J connectivity index is 1.74. The summed E-state index contributed by atoms with van der Waals surface area (Å²) in [7, 11) is -7.32. The Labute approximate surface area is 194 Å². The normalized spacial score (nSPS) is 15.3. The predicted octanol–water partition coefficient (Wildman–Crippen LogP) is 3.23. The lowest BCUT2D eigenvalue weighted by Gasteiger charge is -2.26. The maximum atomic E-state index is 12.7. The molecule has 1 aliphatic heterocycles. The lowest BCUT2D eigenvalue weighted by Crippen LogP contribution is -2.38. The van der Waals surface area contributed by atoms with E-state index in [1.165, 1.54) is 34.6 Å².